The standard InChI is InChI=1S/C12H14O6/c1-6(13)8-3-2-7(4-9(8)14)12(18)10(15)5-11(16)17/h2-4,10,12,14-15,18H,5H2,1H3,(H,16,17). The SMILES string of the molecule is CC(=O)c1ccc(C(O)C(O)CC(=O)O)cc1O. The van der Waals surface area contributed by atoms with Gasteiger partial charge >= 0.3 is 5.97 Å². The lowest BCUT2D eigenvalue weighted by molar-refractivity contribution is -0.141. The van der Waals surface area contributed by atoms with E-state index < -0.39 is 24.6 Å². The molecule has 1 aromatic carbocycles. The van der Waals surface area contributed by atoms with Crippen LogP contribution in [0.3, 0.4) is 0 Å². The summed E-state index contributed by atoms with van der Waals surface area (Å²) < 4.78 is 0. The molecular formula is C12H14O6. The first-order valence-corrected chi connectivity index (χ1v) is 5.24. The minimum Gasteiger partial charge on any atom is -0.507 e. The molecule has 1 aromatic rings. The molecule has 0 aliphatic rings. The highest BCUT2D eigenvalue weighted by molar-refractivity contribution is 5.96. The van der Waals surface area contributed by atoms with E-state index in [2.05, 4.69) is 0 Å². The number of phenols is 1. The molecule has 2 atom stereocenters. The van der Waals surface area contributed by atoms with E-state index in [9.17, 15) is 24.9 Å². The molecule has 0 aromatic heterocycles. The number of carboxylic acids is 1. The second-order valence-electron chi connectivity index (χ2n) is 3.94. The molecule has 0 bridgehead atoms. The number of phenolic OH excluding ortho intramolecular Hbond substituents is 1. The van der Waals surface area contributed by atoms with E-state index >= 15 is 0 Å². The third-order valence-corrected chi connectivity index (χ3v) is 2.49. The van der Waals surface area contributed by atoms with Gasteiger partial charge in [-0.1, -0.05) is 6.07 Å². The monoisotopic (exact) mass is 254 g/mol. The lowest BCUT2D eigenvalue weighted by Gasteiger charge is -2.17. The number of hydrogen-bond donors (Lipinski definition) is 4. The molecule has 0 aliphatic carbocycles. The molecule has 0 aliphatic heterocycles. The van der Waals surface area contributed by atoms with Crippen LogP contribution < -0.4 is 0 Å². The molecular weight excluding hydrogens is 240 g/mol. The first-order valence-electron chi connectivity index (χ1n) is 5.24. The van der Waals surface area contributed by atoms with Gasteiger partial charge < -0.3 is 20.4 Å². The van der Waals surface area contributed by atoms with E-state index in [0.717, 1.165) is 6.07 Å². The number of benzene rings is 1. The summed E-state index contributed by atoms with van der Waals surface area (Å²) >= 11 is 0. The number of Topliss-reactive ketones (excluding diaryl/α,β-unsaturated/α-hetero) is 1. The average Bonchev–Trinajstić information content (AvgIpc) is 2.26. The molecule has 98 valence electrons. The highest BCUT2D eigenvalue weighted by Gasteiger charge is 2.22. The minimum absolute atomic E-state index is 0.0960. The smallest absolute Gasteiger partial charge is 0.306 e. The quantitative estimate of drug-likeness (QED) is 0.567. The molecule has 18 heavy (non-hydrogen) atoms. The van der Waals surface area contributed by atoms with Crippen LogP contribution in [0.2, 0.25) is 0 Å². The van der Waals surface area contributed by atoms with Crippen LogP contribution in [0.1, 0.15) is 35.4 Å². The van der Waals surface area contributed by atoms with Crippen LogP contribution in [-0.4, -0.2) is 38.3 Å². The first-order chi connectivity index (χ1) is 8.32. The fourth-order valence-electron chi connectivity index (χ4n) is 1.54. The van der Waals surface area contributed by atoms with Gasteiger partial charge in [-0.15, -0.1) is 0 Å². The Kier molecular flexibility index (Phi) is 4.41. The number of aliphatic carboxylic acids is 1. The third kappa shape index (κ3) is 3.28. The van der Waals surface area contributed by atoms with Crippen molar-refractivity contribution in [2.24, 2.45) is 0 Å². The van der Waals surface area contributed by atoms with Crippen molar-refractivity contribution in [3.63, 3.8) is 0 Å². The van der Waals surface area contributed by atoms with Crippen LogP contribution in [0.25, 0.3) is 0 Å². The number of rotatable bonds is 5. The maximum atomic E-state index is 11.1. The van der Waals surface area contributed by atoms with Crippen molar-refractivity contribution < 1.29 is 30.0 Å². The van der Waals surface area contributed by atoms with Crippen molar-refractivity contribution in [2.45, 2.75) is 25.6 Å². The zero-order chi connectivity index (χ0) is 13.9. The Bertz CT molecular complexity index is 468. The number of aliphatic hydroxyl groups is 2. The topological polar surface area (TPSA) is 115 Å². The Balaban J connectivity index is 2.93. The predicted octanol–water partition coefficient (Wildman–Crippen LogP) is 0.464. The van der Waals surface area contributed by atoms with Gasteiger partial charge in [-0.3, -0.25) is 9.59 Å². The van der Waals surface area contributed by atoms with Crippen molar-refractivity contribution in [3.05, 3.63) is 29.3 Å². The number of carbonyl (C=O) groups is 2. The largest absolute Gasteiger partial charge is 0.507 e. The van der Waals surface area contributed by atoms with Gasteiger partial charge in [-0.25, -0.2) is 0 Å². The van der Waals surface area contributed by atoms with Gasteiger partial charge in [0, 0.05) is 0 Å². The average molecular weight is 254 g/mol. The van der Waals surface area contributed by atoms with Crippen LogP contribution in [0.15, 0.2) is 18.2 Å². The summed E-state index contributed by atoms with van der Waals surface area (Å²) in [5.74, 6) is -1.90. The van der Waals surface area contributed by atoms with Gasteiger partial charge in [-0.05, 0) is 24.6 Å². The van der Waals surface area contributed by atoms with Gasteiger partial charge in [0.2, 0.25) is 0 Å². The van der Waals surface area contributed by atoms with E-state index in [4.69, 9.17) is 5.11 Å². The van der Waals surface area contributed by atoms with Gasteiger partial charge in [0.25, 0.3) is 0 Å². The molecule has 0 saturated carbocycles. The third-order valence-electron chi connectivity index (χ3n) is 2.49. The van der Waals surface area contributed by atoms with Crippen LogP contribution in [0.4, 0.5) is 0 Å². The molecule has 6 heteroatoms. The fraction of sp³-hybridized carbons (Fsp3) is 0.333. The second kappa shape index (κ2) is 5.61. The molecule has 0 spiro atoms. The van der Waals surface area contributed by atoms with Crippen molar-refractivity contribution >= 4 is 11.8 Å². The zero-order valence-electron chi connectivity index (χ0n) is 9.70. The Morgan fingerprint density at radius 2 is 1.89 bits per heavy atom. The highest BCUT2D eigenvalue weighted by atomic mass is 16.4. The number of carbonyl (C=O) groups excluding carboxylic acids is 1. The second-order valence-corrected chi connectivity index (χ2v) is 3.94. The number of aromatic hydroxyl groups is 1. The summed E-state index contributed by atoms with van der Waals surface area (Å²) in [7, 11) is 0. The molecule has 0 saturated heterocycles. The van der Waals surface area contributed by atoms with E-state index in [0.29, 0.717) is 0 Å². The Hall–Kier alpha value is -1.92. The minimum atomic E-state index is -1.48. The van der Waals surface area contributed by atoms with E-state index in [1.807, 2.05) is 0 Å². The number of carboxylic acid groups (broad SMARTS) is 1. The van der Waals surface area contributed by atoms with Crippen LogP contribution >= 0.6 is 0 Å². The van der Waals surface area contributed by atoms with Crippen molar-refractivity contribution in [1.29, 1.82) is 0 Å². The fourth-order valence-corrected chi connectivity index (χ4v) is 1.54. The predicted molar refractivity (Wildman–Crippen MR) is 61.3 cm³/mol. The lowest BCUT2D eigenvalue weighted by atomic mass is 9.99. The maximum Gasteiger partial charge on any atom is 0.306 e. The van der Waals surface area contributed by atoms with Gasteiger partial charge in [0.15, 0.2) is 5.78 Å². The van der Waals surface area contributed by atoms with E-state index in [1.54, 1.807) is 0 Å². The summed E-state index contributed by atoms with van der Waals surface area (Å²) in [6.07, 6.45) is -3.53. The van der Waals surface area contributed by atoms with Gasteiger partial charge in [-0.2, -0.15) is 0 Å². The summed E-state index contributed by atoms with van der Waals surface area (Å²) in [5.41, 5.74) is 0.241. The Morgan fingerprint density at radius 1 is 1.28 bits per heavy atom. The number of aliphatic hydroxyl groups excluding tert-OH is 2. The molecule has 0 fully saturated rings. The van der Waals surface area contributed by atoms with Crippen molar-refractivity contribution in [3.8, 4) is 5.75 Å². The summed E-state index contributed by atoms with van der Waals surface area (Å²) in [4.78, 5) is 21.5. The Labute approximate surface area is 103 Å². The van der Waals surface area contributed by atoms with Crippen molar-refractivity contribution in [2.75, 3.05) is 0 Å². The molecule has 0 radical (unpaired) electrons. The van der Waals surface area contributed by atoms with Gasteiger partial charge in [0.05, 0.1) is 18.1 Å². The normalized spacial score (nSPS) is 13.9. The first kappa shape index (κ1) is 14.1. The van der Waals surface area contributed by atoms with Crippen LogP contribution in [0, 0.1) is 0 Å². The molecule has 6 nitrogen and oxygen atoms in total. The number of ketones is 1. The zero-order valence-corrected chi connectivity index (χ0v) is 9.70. The van der Waals surface area contributed by atoms with Crippen LogP contribution in [-0.2, 0) is 4.79 Å². The summed E-state index contributed by atoms with van der Waals surface area (Å²) in [6, 6.07) is 3.79. The molecule has 0 amide bonds. The van der Waals surface area contributed by atoms with E-state index in [-0.39, 0.29) is 22.7 Å². The number of hydrogen-bond acceptors (Lipinski definition) is 5. The molecule has 2 unspecified atom stereocenters. The molecule has 1 rings (SSSR count). The molecule has 4 N–H and O–H groups in total. The Morgan fingerprint density at radius 3 is 2.33 bits per heavy atom. The highest BCUT2D eigenvalue weighted by Crippen LogP contribution is 2.25. The van der Waals surface area contributed by atoms with E-state index in [1.165, 1.54) is 19.1 Å². The summed E-state index contributed by atoms with van der Waals surface area (Å²) in [5, 5.41) is 37.1. The van der Waals surface area contributed by atoms with Crippen molar-refractivity contribution in [1.82, 2.24) is 0 Å². The molecule has 0 heterocycles. The lowest BCUT2D eigenvalue weighted by Crippen LogP contribution is -2.21. The van der Waals surface area contributed by atoms with Gasteiger partial charge in [0.1, 0.15) is 11.9 Å². The van der Waals surface area contributed by atoms with Crippen LogP contribution in [0.5, 0.6) is 5.75 Å². The maximum absolute atomic E-state index is 11.1. The summed E-state index contributed by atoms with van der Waals surface area (Å²) in [6.45, 7) is 1.28.